The Bertz CT molecular complexity index is 758. The van der Waals surface area contributed by atoms with E-state index in [1.807, 2.05) is 6.92 Å². The highest BCUT2D eigenvalue weighted by Crippen LogP contribution is 2.25. The highest BCUT2D eigenvalue weighted by atomic mass is 32.2. The zero-order valence-corrected chi connectivity index (χ0v) is 16.6. The number of nitrogens with one attached hydrogen (secondary N) is 1. The number of hydrogen-bond acceptors (Lipinski definition) is 5. The first-order valence-electron chi connectivity index (χ1n) is 9.33. The van der Waals surface area contributed by atoms with Gasteiger partial charge in [0.05, 0.1) is 11.8 Å². The zero-order chi connectivity index (χ0) is 18.5. The second-order valence-electron chi connectivity index (χ2n) is 7.35. The molecule has 26 heavy (non-hydrogen) atoms. The van der Waals surface area contributed by atoms with Crippen LogP contribution in [-0.2, 0) is 24.2 Å². The van der Waals surface area contributed by atoms with Gasteiger partial charge in [0.25, 0.3) is 0 Å². The van der Waals surface area contributed by atoms with Crippen LogP contribution in [-0.4, -0.2) is 31.9 Å². The van der Waals surface area contributed by atoms with Crippen LogP contribution in [0.2, 0.25) is 0 Å². The molecule has 1 N–H and O–H groups in total. The van der Waals surface area contributed by atoms with Crippen molar-refractivity contribution in [1.82, 2.24) is 25.5 Å². The molecule has 0 bridgehead atoms. The Hall–Kier alpha value is -1.89. The van der Waals surface area contributed by atoms with E-state index in [4.69, 9.17) is 0 Å². The van der Waals surface area contributed by atoms with Gasteiger partial charge in [0.2, 0.25) is 11.1 Å². The minimum absolute atomic E-state index is 0.000632. The molecule has 1 aromatic carbocycles. The van der Waals surface area contributed by atoms with Gasteiger partial charge in [-0.05, 0) is 65.6 Å². The number of carbonyl (C=O) groups is 1. The van der Waals surface area contributed by atoms with Crippen molar-refractivity contribution in [3.8, 4) is 0 Å². The van der Waals surface area contributed by atoms with Gasteiger partial charge in [0, 0.05) is 6.54 Å². The summed E-state index contributed by atoms with van der Waals surface area (Å²) in [4.78, 5) is 12.3. The van der Waals surface area contributed by atoms with Gasteiger partial charge in [-0.2, -0.15) is 0 Å². The zero-order valence-electron chi connectivity index (χ0n) is 15.7. The van der Waals surface area contributed by atoms with Crippen LogP contribution in [0.1, 0.15) is 56.3 Å². The summed E-state index contributed by atoms with van der Waals surface area (Å²) in [5.74, 6) is 0.767. The first-order chi connectivity index (χ1) is 12.5. The lowest BCUT2D eigenvalue weighted by atomic mass is 9.89. The number of benzene rings is 1. The molecule has 0 aliphatic heterocycles. The molecule has 0 unspecified atom stereocenters. The molecule has 1 amide bonds. The summed E-state index contributed by atoms with van der Waals surface area (Å²) in [7, 11) is 0. The number of fused-ring (bicyclic) bond motifs is 1. The fourth-order valence-corrected chi connectivity index (χ4v) is 3.98. The molecular weight excluding hydrogens is 346 g/mol. The molecule has 2 aromatic rings. The summed E-state index contributed by atoms with van der Waals surface area (Å²) in [6, 6.07) is 6.63. The molecule has 140 valence electrons. The lowest BCUT2D eigenvalue weighted by Crippen LogP contribution is -2.28. The molecule has 0 saturated heterocycles. The summed E-state index contributed by atoms with van der Waals surface area (Å²) in [6.45, 7) is 7.02. The Kier molecular flexibility index (Phi) is 6.29. The monoisotopic (exact) mass is 373 g/mol. The fourth-order valence-electron chi connectivity index (χ4n) is 3.28. The number of rotatable bonds is 7. The van der Waals surface area contributed by atoms with Crippen molar-refractivity contribution in [2.75, 3.05) is 5.75 Å². The minimum atomic E-state index is -0.000632. The van der Waals surface area contributed by atoms with Crippen molar-refractivity contribution in [3.63, 3.8) is 0 Å². The maximum Gasteiger partial charge on any atom is 0.230 e. The summed E-state index contributed by atoms with van der Waals surface area (Å²) in [5.41, 5.74) is 4.08. The van der Waals surface area contributed by atoms with Crippen LogP contribution in [0.3, 0.4) is 0 Å². The predicted octanol–water partition coefficient (Wildman–Crippen LogP) is 3.18. The van der Waals surface area contributed by atoms with Crippen molar-refractivity contribution in [3.05, 3.63) is 34.9 Å². The predicted molar refractivity (Wildman–Crippen MR) is 103 cm³/mol. The Morgan fingerprint density at radius 2 is 2.00 bits per heavy atom. The van der Waals surface area contributed by atoms with Crippen LogP contribution in [0.5, 0.6) is 0 Å². The lowest BCUT2D eigenvalue weighted by Gasteiger charge is -2.20. The van der Waals surface area contributed by atoms with E-state index in [-0.39, 0.29) is 11.9 Å². The number of aryl methyl sites for hydroxylation is 2. The van der Waals surface area contributed by atoms with Crippen molar-refractivity contribution < 1.29 is 4.79 Å². The van der Waals surface area contributed by atoms with Gasteiger partial charge in [-0.1, -0.05) is 43.8 Å². The van der Waals surface area contributed by atoms with E-state index in [0.29, 0.717) is 16.8 Å². The van der Waals surface area contributed by atoms with Crippen LogP contribution in [0.15, 0.2) is 23.4 Å². The van der Waals surface area contributed by atoms with Crippen molar-refractivity contribution >= 4 is 17.7 Å². The quantitative estimate of drug-likeness (QED) is 0.755. The molecule has 1 aromatic heterocycles. The van der Waals surface area contributed by atoms with E-state index in [1.54, 1.807) is 4.68 Å². The summed E-state index contributed by atoms with van der Waals surface area (Å²) < 4.78 is 1.76. The number of nitrogens with zero attached hydrogens (tertiary/aromatic N) is 4. The average molecular weight is 374 g/mol. The maximum absolute atomic E-state index is 12.3. The fraction of sp³-hybridized carbons (Fsp3) is 0.579. The minimum Gasteiger partial charge on any atom is -0.349 e. The van der Waals surface area contributed by atoms with Gasteiger partial charge < -0.3 is 5.32 Å². The van der Waals surface area contributed by atoms with Gasteiger partial charge in [0.15, 0.2) is 0 Å². The molecule has 1 atom stereocenters. The Labute approximate surface area is 159 Å². The molecule has 0 fully saturated rings. The molecule has 7 heteroatoms. The molecule has 1 aliphatic carbocycles. The molecule has 6 nitrogen and oxygen atoms in total. The highest BCUT2D eigenvalue weighted by molar-refractivity contribution is 7.99. The van der Waals surface area contributed by atoms with E-state index in [9.17, 15) is 4.79 Å². The van der Waals surface area contributed by atoms with E-state index in [2.05, 4.69) is 52.9 Å². The standard InChI is InChI=1S/C19H27N5OS/c1-13(2)11-24-19(21-22-23-24)26-12-18(25)20-14(3)16-9-8-15-6-4-5-7-17(15)10-16/h8-10,13-14H,4-7,11-12H2,1-3H3,(H,20,25)/t14-/m1/s1. The second kappa shape index (κ2) is 8.66. The molecule has 0 radical (unpaired) electrons. The van der Waals surface area contributed by atoms with Crippen LogP contribution in [0.4, 0.5) is 0 Å². The Morgan fingerprint density at radius 3 is 2.77 bits per heavy atom. The van der Waals surface area contributed by atoms with Gasteiger partial charge in [-0.15, -0.1) is 5.10 Å². The van der Waals surface area contributed by atoms with E-state index in [1.165, 1.54) is 47.7 Å². The number of tetrazole rings is 1. The van der Waals surface area contributed by atoms with Crippen LogP contribution < -0.4 is 5.32 Å². The number of thioether (sulfide) groups is 1. The summed E-state index contributed by atoms with van der Waals surface area (Å²) in [5, 5.41) is 15.5. The molecule has 0 spiro atoms. The molecule has 1 heterocycles. The third-order valence-electron chi connectivity index (χ3n) is 4.62. The van der Waals surface area contributed by atoms with Crippen LogP contribution in [0.25, 0.3) is 0 Å². The second-order valence-corrected chi connectivity index (χ2v) is 8.29. The Balaban J connectivity index is 1.54. The van der Waals surface area contributed by atoms with Gasteiger partial charge in [-0.25, -0.2) is 4.68 Å². The average Bonchev–Trinajstić information content (AvgIpc) is 3.05. The van der Waals surface area contributed by atoms with E-state index >= 15 is 0 Å². The maximum atomic E-state index is 12.3. The number of aromatic nitrogens is 4. The number of amides is 1. The lowest BCUT2D eigenvalue weighted by molar-refractivity contribution is -0.119. The SMILES string of the molecule is CC(C)Cn1nnnc1SCC(=O)N[C@H](C)c1ccc2c(c1)CCCC2. The van der Waals surface area contributed by atoms with Crippen molar-refractivity contribution in [2.45, 2.75) is 64.2 Å². The molecule has 3 rings (SSSR count). The van der Waals surface area contributed by atoms with Crippen LogP contribution in [0, 0.1) is 5.92 Å². The van der Waals surface area contributed by atoms with E-state index in [0.717, 1.165) is 13.0 Å². The summed E-state index contributed by atoms with van der Waals surface area (Å²) >= 11 is 1.38. The van der Waals surface area contributed by atoms with Crippen LogP contribution >= 0.6 is 11.8 Å². The molecular formula is C19H27N5OS. The highest BCUT2D eigenvalue weighted by Gasteiger charge is 2.15. The third-order valence-corrected chi connectivity index (χ3v) is 5.58. The first kappa shape index (κ1) is 18.9. The Morgan fingerprint density at radius 1 is 1.23 bits per heavy atom. The molecule has 1 aliphatic rings. The topological polar surface area (TPSA) is 72.7 Å². The molecule has 0 saturated carbocycles. The van der Waals surface area contributed by atoms with Crippen molar-refractivity contribution in [1.29, 1.82) is 0 Å². The van der Waals surface area contributed by atoms with Gasteiger partial charge in [-0.3, -0.25) is 4.79 Å². The first-order valence-corrected chi connectivity index (χ1v) is 10.3. The van der Waals surface area contributed by atoms with E-state index < -0.39 is 0 Å². The van der Waals surface area contributed by atoms with Gasteiger partial charge >= 0.3 is 0 Å². The van der Waals surface area contributed by atoms with Gasteiger partial charge in [0.1, 0.15) is 0 Å². The number of carbonyl (C=O) groups excluding carboxylic acids is 1. The van der Waals surface area contributed by atoms with Crippen molar-refractivity contribution in [2.24, 2.45) is 5.92 Å². The largest absolute Gasteiger partial charge is 0.349 e. The normalized spacial score (nSPS) is 14.9. The summed E-state index contributed by atoms with van der Waals surface area (Å²) in [6.07, 6.45) is 4.88. The smallest absolute Gasteiger partial charge is 0.230 e. The number of hydrogen-bond donors (Lipinski definition) is 1. The third kappa shape index (κ3) is 4.84.